The van der Waals surface area contributed by atoms with Crippen LogP contribution in [0.5, 0.6) is 0 Å². The molecule has 1 saturated carbocycles. The average Bonchev–Trinajstić information content (AvgIpc) is 3.01. The molecule has 2 fully saturated rings. The summed E-state index contributed by atoms with van der Waals surface area (Å²) >= 11 is 3.51. The van der Waals surface area contributed by atoms with Gasteiger partial charge in [-0.25, -0.2) is 4.98 Å². The predicted molar refractivity (Wildman–Crippen MR) is 70.0 cm³/mol. The summed E-state index contributed by atoms with van der Waals surface area (Å²) in [6.45, 7) is 0.717. The normalized spacial score (nSPS) is 25.4. The van der Waals surface area contributed by atoms with Gasteiger partial charge >= 0.3 is 0 Å². The van der Waals surface area contributed by atoms with Gasteiger partial charge in [-0.15, -0.1) is 11.3 Å². The molecule has 1 aliphatic carbocycles. The molecule has 1 aromatic heterocycles. The zero-order valence-corrected chi connectivity index (χ0v) is 10.7. The van der Waals surface area contributed by atoms with Crippen LogP contribution in [0.3, 0.4) is 0 Å². The Balaban J connectivity index is 1.62. The number of aliphatic imine (C=N–C) groups is 1. The molecule has 0 radical (unpaired) electrons. The van der Waals surface area contributed by atoms with Crippen LogP contribution >= 0.6 is 23.1 Å². The fourth-order valence-corrected chi connectivity index (χ4v) is 4.15. The molecule has 16 heavy (non-hydrogen) atoms. The van der Waals surface area contributed by atoms with Crippen LogP contribution in [-0.2, 0) is 6.54 Å². The van der Waals surface area contributed by atoms with Gasteiger partial charge in [-0.05, 0) is 12.8 Å². The summed E-state index contributed by atoms with van der Waals surface area (Å²) in [4.78, 5) is 8.84. The maximum absolute atomic E-state index is 4.60. The van der Waals surface area contributed by atoms with Gasteiger partial charge in [0.25, 0.3) is 0 Å². The van der Waals surface area contributed by atoms with Crippen molar-refractivity contribution in [1.29, 1.82) is 0 Å². The second-order valence-electron chi connectivity index (χ2n) is 4.50. The average molecular weight is 253 g/mol. The van der Waals surface area contributed by atoms with E-state index in [1.807, 2.05) is 17.3 Å². The van der Waals surface area contributed by atoms with Gasteiger partial charge in [-0.2, -0.15) is 0 Å². The third-order valence-corrected chi connectivity index (χ3v) is 5.12. The summed E-state index contributed by atoms with van der Waals surface area (Å²) in [6, 6.07) is 0. The summed E-state index contributed by atoms with van der Waals surface area (Å²) in [5.74, 6) is 1.20. The Kier molecular flexibility index (Phi) is 2.90. The molecule has 1 spiro atoms. The maximum Gasteiger partial charge on any atom is 0.157 e. The Morgan fingerprint density at radius 3 is 3.06 bits per heavy atom. The van der Waals surface area contributed by atoms with Gasteiger partial charge in [0.05, 0.1) is 17.7 Å². The van der Waals surface area contributed by atoms with Gasteiger partial charge < -0.3 is 5.32 Å². The highest BCUT2D eigenvalue weighted by Crippen LogP contribution is 2.37. The number of hydrogen-bond donors (Lipinski definition) is 1. The molecule has 1 saturated heterocycles. The highest BCUT2D eigenvalue weighted by atomic mass is 32.2. The largest absolute Gasteiger partial charge is 0.359 e. The van der Waals surface area contributed by atoms with Crippen molar-refractivity contribution >= 4 is 28.3 Å². The zero-order chi connectivity index (χ0) is 10.8. The molecule has 5 heteroatoms. The third-order valence-electron chi connectivity index (χ3n) is 3.29. The van der Waals surface area contributed by atoms with E-state index in [1.54, 1.807) is 11.3 Å². The fraction of sp³-hybridized carbons (Fsp3) is 0.636. The predicted octanol–water partition coefficient (Wildman–Crippen LogP) is 2.65. The lowest BCUT2D eigenvalue weighted by atomic mass is 10.0. The summed E-state index contributed by atoms with van der Waals surface area (Å²) in [5.41, 5.74) is 3.32. The Hall–Kier alpha value is -0.550. The van der Waals surface area contributed by atoms with Crippen LogP contribution in [0.4, 0.5) is 0 Å². The number of hydrogen-bond acceptors (Lipinski definition) is 4. The lowest BCUT2D eigenvalue weighted by molar-refractivity contribution is 0.452. The van der Waals surface area contributed by atoms with Crippen molar-refractivity contribution in [3.8, 4) is 0 Å². The molecule has 1 aliphatic heterocycles. The number of thioether (sulfide) groups is 1. The molecule has 2 heterocycles. The van der Waals surface area contributed by atoms with Crippen LogP contribution in [0.25, 0.3) is 0 Å². The van der Waals surface area contributed by atoms with Crippen molar-refractivity contribution in [3.63, 3.8) is 0 Å². The van der Waals surface area contributed by atoms with E-state index >= 15 is 0 Å². The Labute approximate surface area is 104 Å². The van der Waals surface area contributed by atoms with Crippen LogP contribution in [0.2, 0.25) is 0 Å². The van der Waals surface area contributed by atoms with Crippen molar-refractivity contribution < 1.29 is 0 Å². The van der Waals surface area contributed by atoms with E-state index in [0.29, 0.717) is 5.54 Å². The summed E-state index contributed by atoms with van der Waals surface area (Å²) in [5, 5.41) is 6.80. The number of amidine groups is 1. The van der Waals surface area contributed by atoms with Gasteiger partial charge in [0.2, 0.25) is 0 Å². The van der Waals surface area contributed by atoms with Gasteiger partial charge in [-0.3, -0.25) is 4.99 Å². The number of nitrogens with one attached hydrogen (secondary N) is 1. The molecule has 1 N–H and O–H groups in total. The standard InChI is InChI=1S/C11H15N3S2/c1-2-4-11(3-1)7-16-10(14-11)12-5-9-6-15-8-13-9/h6,8H,1-5,7H2,(H,12,14). The van der Waals surface area contributed by atoms with E-state index in [4.69, 9.17) is 0 Å². The SMILES string of the molecule is c1nc(CN=C2NC3(CCCC3)CS2)cs1. The molecule has 86 valence electrons. The van der Waals surface area contributed by atoms with E-state index < -0.39 is 0 Å². The Bertz CT molecular complexity index is 380. The lowest BCUT2D eigenvalue weighted by Crippen LogP contribution is -2.40. The maximum atomic E-state index is 4.60. The molecule has 0 atom stereocenters. The summed E-state index contributed by atoms with van der Waals surface area (Å²) < 4.78 is 0. The minimum Gasteiger partial charge on any atom is -0.359 e. The molecular formula is C11H15N3S2. The van der Waals surface area contributed by atoms with E-state index in [1.165, 1.54) is 31.4 Å². The van der Waals surface area contributed by atoms with Crippen LogP contribution in [0, 0.1) is 0 Å². The monoisotopic (exact) mass is 253 g/mol. The van der Waals surface area contributed by atoms with Crippen molar-refractivity contribution in [2.45, 2.75) is 37.8 Å². The van der Waals surface area contributed by atoms with Gasteiger partial charge in [0.1, 0.15) is 0 Å². The second kappa shape index (κ2) is 4.37. The molecule has 3 rings (SSSR count). The van der Waals surface area contributed by atoms with Crippen LogP contribution in [-0.4, -0.2) is 21.4 Å². The number of rotatable bonds is 2. The van der Waals surface area contributed by atoms with E-state index in [9.17, 15) is 0 Å². The van der Waals surface area contributed by atoms with Crippen LogP contribution in [0.1, 0.15) is 31.4 Å². The van der Waals surface area contributed by atoms with E-state index in [-0.39, 0.29) is 0 Å². The molecule has 3 nitrogen and oxygen atoms in total. The van der Waals surface area contributed by atoms with Crippen molar-refractivity contribution in [2.75, 3.05) is 5.75 Å². The summed E-state index contributed by atoms with van der Waals surface area (Å²) in [7, 11) is 0. The first-order valence-electron chi connectivity index (χ1n) is 5.69. The van der Waals surface area contributed by atoms with Gasteiger partial charge in [-0.1, -0.05) is 24.6 Å². The Morgan fingerprint density at radius 1 is 1.44 bits per heavy atom. The molecule has 2 aliphatic rings. The third kappa shape index (κ3) is 2.11. The highest BCUT2D eigenvalue weighted by molar-refractivity contribution is 8.14. The molecule has 0 amide bonds. The molecule has 0 unspecified atom stereocenters. The smallest absolute Gasteiger partial charge is 0.157 e. The fourth-order valence-electron chi connectivity index (χ4n) is 2.38. The van der Waals surface area contributed by atoms with Crippen LogP contribution in [0.15, 0.2) is 15.9 Å². The quantitative estimate of drug-likeness (QED) is 0.880. The first-order valence-corrected chi connectivity index (χ1v) is 7.62. The molecular weight excluding hydrogens is 238 g/mol. The first kappa shape index (κ1) is 10.6. The number of thiazole rings is 1. The lowest BCUT2D eigenvalue weighted by Gasteiger charge is -2.21. The van der Waals surface area contributed by atoms with Crippen molar-refractivity contribution in [1.82, 2.24) is 10.3 Å². The molecule has 1 aromatic rings. The molecule has 0 aromatic carbocycles. The minimum atomic E-state index is 0.381. The molecule has 0 bridgehead atoms. The van der Waals surface area contributed by atoms with E-state index in [2.05, 4.69) is 20.7 Å². The number of nitrogens with zero attached hydrogens (tertiary/aromatic N) is 2. The van der Waals surface area contributed by atoms with Crippen molar-refractivity contribution in [3.05, 3.63) is 16.6 Å². The van der Waals surface area contributed by atoms with E-state index in [0.717, 1.165) is 17.4 Å². The zero-order valence-electron chi connectivity index (χ0n) is 9.11. The first-order chi connectivity index (χ1) is 7.86. The Morgan fingerprint density at radius 2 is 2.31 bits per heavy atom. The highest BCUT2D eigenvalue weighted by Gasteiger charge is 2.39. The summed E-state index contributed by atoms with van der Waals surface area (Å²) in [6.07, 6.45) is 5.37. The minimum absolute atomic E-state index is 0.381. The second-order valence-corrected chi connectivity index (χ2v) is 6.19. The van der Waals surface area contributed by atoms with Crippen molar-refractivity contribution in [2.24, 2.45) is 4.99 Å². The van der Waals surface area contributed by atoms with Crippen LogP contribution < -0.4 is 5.32 Å². The van der Waals surface area contributed by atoms with Gasteiger partial charge in [0, 0.05) is 16.7 Å². The van der Waals surface area contributed by atoms with Gasteiger partial charge in [0.15, 0.2) is 5.17 Å². The number of aromatic nitrogens is 1. The topological polar surface area (TPSA) is 37.3 Å².